The first-order chi connectivity index (χ1) is 12.1. The minimum atomic E-state index is -0.275. The Labute approximate surface area is 148 Å². The zero-order valence-electron chi connectivity index (χ0n) is 13.7. The second-order valence-corrected chi connectivity index (χ2v) is 6.96. The summed E-state index contributed by atoms with van der Waals surface area (Å²) in [6, 6.07) is 8.83. The molecule has 0 aliphatic heterocycles. The fourth-order valence-electron chi connectivity index (χ4n) is 2.83. The van der Waals surface area contributed by atoms with Crippen molar-refractivity contribution in [1.29, 1.82) is 0 Å². The van der Waals surface area contributed by atoms with Gasteiger partial charge in [0.1, 0.15) is 5.82 Å². The molecule has 25 heavy (non-hydrogen) atoms. The maximum Gasteiger partial charge on any atom is 0.128 e. The van der Waals surface area contributed by atoms with Crippen LogP contribution in [-0.2, 0) is 13.0 Å². The Balaban J connectivity index is 1.74. The number of aromatic nitrogens is 3. The smallest absolute Gasteiger partial charge is 0.128 e. The second-order valence-electron chi connectivity index (χ2n) is 5.91. The highest BCUT2D eigenvalue weighted by Crippen LogP contribution is 2.34. The number of hydrogen-bond donors (Lipinski definition) is 1. The standard InChI is InChI=1S/C19H17FN4S/c1-2-24-10-17(23-11-24)18-9-16-19(25-18)13(5-6-22-16)7-12-3-4-14(21)8-15(12)20/h3-6,8-11H,2,7,21H2,1H3. The Morgan fingerprint density at radius 1 is 1.16 bits per heavy atom. The molecule has 0 saturated heterocycles. The largest absolute Gasteiger partial charge is 0.399 e. The van der Waals surface area contributed by atoms with E-state index in [4.69, 9.17) is 5.73 Å². The van der Waals surface area contributed by atoms with Crippen molar-refractivity contribution in [3.63, 3.8) is 0 Å². The van der Waals surface area contributed by atoms with Crippen molar-refractivity contribution in [3.05, 3.63) is 66.0 Å². The molecular weight excluding hydrogens is 335 g/mol. The van der Waals surface area contributed by atoms with Crippen LogP contribution in [0.2, 0.25) is 0 Å². The molecule has 0 atom stereocenters. The highest BCUT2D eigenvalue weighted by molar-refractivity contribution is 7.22. The lowest BCUT2D eigenvalue weighted by Gasteiger charge is -2.05. The van der Waals surface area contributed by atoms with E-state index in [0.29, 0.717) is 17.7 Å². The third-order valence-corrected chi connectivity index (χ3v) is 5.42. The Morgan fingerprint density at radius 2 is 2.04 bits per heavy atom. The quantitative estimate of drug-likeness (QED) is 0.551. The van der Waals surface area contributed by atoms with Gasteiger partial charge in [-0.15, -0.1) is 11.3 Å². The van der Waals surface area contributed by atoms with E-state index < -0.39 is 0 Å². The maximum atomic E-state index is 14.1. The number of hydrogen-bond acceptors (Lipinski definition) is 4. The average Bonchev–Trinajstić information content (AvgIpc) is 3.24. The van der Waals surface area contributed by atoms with Crippen molar-refractivity contribution < 1.29 is 4.39 Å². The summed E-state index contributed by atoms with van der Waals surface area (Å²) in [7, 11) is 0. The zero-order chi connectivity index (χ0) is 17.4. The fraction of sp³-hybridized carbons (Fsp3) is 0.158. The molecule has 0 spiro atoms. The second kappa shape index (κ2) is 6.29. The van der Waals surface area contributed by atoms with E-state index in [-0.39, 0.29) is 5.82 Å². The number of thiophene rings is 1. The summed E-state index contributed by atoms with van der Waals surface area (Å²) >= 11 is 1.64. The Morgan fingerprint density at radius 3 is 2.80 bits per heavy atom. The molecule has 126 valence electrons. The minimum Gasteiger partial charge on any atom is -0.399 e. The number of halogens is 1. The summed E-state index contributed by atoms with van der Waals surface area (Å²) in [6.07, 6.45) is 6.14. The molecule has 0 aliphatic carbocycles. The first-order valence-corrected chi connectivity index (χ1v) is 8.89. The van der Waals surface area contributed by atoms with Crippen LogP contribution in [0.25, 0.3) is 20.8 Å². The first-order valence-electron chi connectivity index (χ1n) is 8.07. The number of aryl methyl sites for hydroxylation is 1. The number of fused-ring (bicyclic) bond motifs is 1. The first kappa shape index (κ1) is 15.8. The van der Waals surface area contributed by atoms with Crippen molar-refractivity contribution in [3.8, 4) is 10.6 Å². The molecule has 3 aromatic heterocycles. The number of anilines is 1. The molecule has 0 saturated carbocycles. The van der Waals surface area contributed by atoms with Gasteiger partial charge in [0, 0.05) is 31.0 Å². The molecule has 6 heteroatoms. The fourth-order valence-corrected chi connectivity index (χ4v) is 3.92. The van der Waals surface area contributed by atoms with E-state index in [1.807, 2.05) is 29.2 Å². The lowest BCUT2D eigenvalue weighted by Crippen LogP contribution is -1.95. The molecule has 3 heterocycles. The summed E-state index contributed by atoms with van der Waals surface area (Å²) in [5.41, 5.74) is 9.61. The molecule has 0 radical (unpaired) electrons. The number of nitrogen functional groups attached to an aromatic ring is 1. The van der Waals surface area contributed by atoms with Gasteiger partial charge in [0.2, 0.25) is 0 Å². The van der Waals surface area contributed by atoms with Crippen molar-refractivity contribution in [2.24, 2.45) is 0 Å². The topological polar surface area (TPSA) is 56.7 Å². The SMILES string of the molecule is CCn1cnc(-c2cc3nccc(Cc4ccc(N)cc4F)c3s2)c1. The molecule has 2 N–H and O–H groups in total. The summed E-state index contributed by atoms with van der Waals surface area (Å²) in [5.74, 6) is -0.275. The van der Waals surface area contributed by atoms with E-state index in [0.717, 1.165) is 32.9 Å². The van der Waals surface area contributed by atoms with Crippen LogP contribution < -0.4 is 5.73 Å². The molecule has 0 amide bonds. The van der Waals surface area contributed by atoms with Gasteiger partial charge < -0.3 is 10.3 Å². The molecule has 4 rings (SSSR count). The van der Waals surface area contributed by atoms with Gasteiger partial charge in [-0.1, -0.05) is 6.07 Å². The Hall–Kier alpha value is -2.73. The van der Waals surface area contributed by atoms with Gasteiger partial charge in [-0.05, 0) is 42.3 Å². The number of nitrogens with zero attached hydrogens (tertiary/aromatic N) is 3. The van der Waals surface area contributed by atoms with Gasteiger partial charge >= 0.3 is 0 Å². The van der Waals surface area contributed by atoms with E-state index in [1.165, 1.54) is 6.07 Å². The van der Waals surface area contributed by atoms with Gasteiger partial charge in [-0.2, -0.15) is 0 Å². The van der Waals surface area contributed by atoms with Crippen molar-refractivity contribution >= 4 is 27.2 Å². The number of imidazole rings is 1. The number of benzene rings is 1. The van der Waals surface area contributed by atoms with Crippen LogP contribution in [0.5, 0.6) is 0 Å². The lowest BCUT2D eigenvalue weighted by molar-refractivity contribution is 0.615. The monoisotopic (exact) mass is 352 g/mol. The van der Waals surface area contributed by atoms with Crippen LogP contribution in [0.15, 0.2) is 49.1 Å². The average molecular weight is 352 g/mol. The van der Waals surface area contributed by atoms with Crippen molar-refractivity contribution in [2.45, 2.75) is 19.9 Å². The summed E-state index contributed by atoms with van der Waals surface area (Å²) in [4.78, 5) is 9.99. The zero-order valence-corrected chi connectivity index (χ0v) is 14.6. The third-order valence-electron chi connectivity index (χ3n) is 4.20. The molecule has 0 fully saturated rings. The number of rotatable bonds is 4. The molecule has 0 unspecified atom stereocenters. The van der Waals surface area contributed by atoms with E-state index in [9.17, 15) is 4.39 Å². The van der Waals surface area contributed by atoms with Gasteiger partial charge in [0.15, 0.2) is 0 Å². The van der Waals surface area contributed by atoms with Crippen LogP contribution in [0.4, 0.5) is 10.1 Å². The normalized spacial score (nSPS) is 11.3. The molecule has 4 nitrogen and oxygen atoms in total. The minimum absolute atomic E-state index is 0.275. The van der Waals surface area contributed by atoms with Crippen LogP contribution in [0.1, 0.15) is 18.1 Å². The highest BCUT2D eigenvalue weighted by Gasteiger charge is 2.13. The molecule has 1 aromatic carbocycles. The van der Waals surface area contributed by atoms with E-state index >= 15 is 0 Å². The van der Waals surface area contributed by atoms with E-state index in [2.05, 4.69) is 16.9 Å². The van der Waals surface area contributed by atoms with Crippen LogP contribution in [0, 0.1) is 5.82 Å². The summed E-state index contributed by atoms with van der Waals surface area (Å²) in [5, 5.41) is 0. The molecule has 4 aromatic rings. The Kier molecular flexibility index (Phi) is 3.97. The molecular formula is C19H17FN4S. The summed E-state index contributed by atoms with van der Waals surface area (Å²) < 4.78 is 17.3. The van der Waals surface area contributed by atoms with Crippen molar-refractivity contribution in [1.82, 2.24) is 14.5 Å². The molecule has 0 bridgehead atoms. The van der Waals surface area contributed by atoms with Gasteiger partial charge in [0.05, 0.1) is 27.1 Å². The van der Waals surface area contributed by atoms with Gasteiger partial charge in [-0.25, -0.2) is 9.37 Å². The van der Waals surface area contributed by atoms with Crippen molar-refractivity contribution in [2.75, 3.05) is 5.73 Å². The highest BCUT2D eigenvalue weighted by atomic mass is 32.1. The number of nitrogens with two attached hydrogens (primary N) is 1. The predicted octanol–water partition coefficient (Wildman–Crippen LogP) is 4.49. The summed E-state index contributed by atoms with van der Waals surface area (Å²) in [6.45, 7) is 2.97. The van der Waals surface area contributed by atoms with Gasteiger partial charge in [-0.3, -0.25) is 4.98 Å². The predicted molar refractivity (Wildman–Crippen MR) is 100 cm³/mol. The molecule has 0 aliphatic rings. The van der Waals surface area contributed by atoms with Crippen LogP contribution in [-0.4, -0.2) is 14.5 Å². The van der Waals surface area contributed by atoms with Gasteiger partial charge in [0.25, 0.3) is 0 Å². The third kappa shape index (κ3) is 3.00. The maximum absolute atomic E-state index is 14.1. The van der Waals surface area contributed by atoms with Crippen LogP contribution in [0.3, 0.4) is 0 Å². The number of pyridine rings is 1. The van der Waals surface area contributed by atoms with E-state index in [1.54, 1.807) is 29.7 Å². The Bertz CT molecular complexity index is 1050. The van der Waals surface area contributed by atoms with Crippen LogP contribution >= 0.6 is 11.3 Å². The lowest BCUT2D eigenvalue weighted by atomic mass is 10.0.